The van der Waals surface area contributed by atoms with Gasteiger partial charge in [0.2, 0.25) is 0 Å². The highest BCUT2D eigenvalue weighted by Crippen LogP contribution is 2.37. The van der Waals surface area contributed by atoms with Crippen LogP contribution in [0.5, 0.6) is 11.5 Å². The summed E-state index contributed by atoms with van der Waals surface area (Å²) in [5.41, 5.74) is -0.555. The number of para-hydroxylation sites is 1. The molecule has 19 heavy (non-hydrogen) atoms. The first-order chi connectivity index (χ1) is 8.80. The second-order valence-corrected chi connectivity index (χ2v) is 4.80. The molecule has 0 aromatic heterocycles. The molecule has 0 aliphatic heterocycles. The van der Waals surface area contributed by atoms with Crippen molar-refractivity contribution in [2.75, 3.05) is 19.3 Å². The number of benzene rings is 1. The average molecular weight is 269 g/mol. The van der Waals surface area contributed by atoms with E-state index in [0.717, 1.165) is 0 Å². The molecule has 0 bridgehead atoms. The fourth-order valence-electron chi connectivity index (χ4n) is 1.44. The van der Waals surface area contributed by atoms with Crippen LogP contribution >= 0.6 is 0 Å². The molecule has 0 heterocycles. The largest absolute Gasteiger partial charge is 0.493 e. The maximum atomic E-state index is 11.8. The number of hydrogen-bond donors (Lipinski definition) is 1. The number of ether oxygens (including phenoxy) is 3. The van der Waals surface area contributed by atoms with Crippen molar-refractivity contribution in [1.82, 2.24) is 0 Å². The second-order valence-electron chi connectivity index (χ2n) is 4.80. The zero-order valence-electron chi connectivity index (χ0n) is 11.8. The summed E-state index contributed by atoms with van der Waals surface area (Å²) >= 11 is 0. The van der Waals surface area contributed by atoms with Gasteiger partial charge in [0.15, 0.2) is 11.5 Å². The van der Waals surface area contributed by atoms with Crippen LogP contribution in [-0.2, 0) is 4.74 Å². The third-order valence-corrected chi connectivity index (χ3v) is 2.18. The summed E-state index contributed by atoms with van der Waals surface area (Å²) < 4.78 is 15.3. The summed E-state index contributed by atoms with van der Waals surface area (Å²) in [4.78, 5) is 11.8. The molecule has 0 aliphatic rings. The molecule has 0 atom stereocenters. The highest BCUT2D eigenvalue weighted by molar-refractivity contribution is 5.88. The number of carbonyl (C=O) groups is 1. The van der Waals surface area contributed by atoms with Crippen LogP contribution < -0.4 is 14.5 Å². The molecule has 0 unspecified atom stereocenters. The molecule has 0 radical (unpaired) electrons. The molecule has 0 fully saturated rings. The van der Waals surface area contributed by atoms with Gasteiger partial charge in [-0.15, -0.1) is 0 Å². The third-order valence-electron chi connectivity index (χ3n) is 2.18. The van der Waals surface area contributed by atoms with Crippen molar-refractivity contribution in [3.63, 3.8) is 0 Å². The smallest absolute Gasteiger partial charge is 0.439 e. The van der Waals surface area contributed by atoms with Crippen molar-refractivity contribution in [2.45, 2.75) is 26.4 Å². The normalized spacial score (nSPS) is 10.8. The Labute approximate surface area is 112 Å². The monoisotopic (exact) mass is 269 g/mol. The third kappa shape index (κ3) is 3.75. The first kappa shape index (κ1) is 15.1. The summed E-state index contributed by atoms with van der Waals surface area (Å²) in [6.45, 7) is 5.13. The standard InChI is InChI=1S/C13H19NO5/c1-13(2,3)19-12(15)14(16)9-7-6-8-10(17-4)11(9)18-5/h6-8,16H,1-5H3. The fraction of sp³-hybridized carbons (Fsp3) is 0.462. The summed E-state index contributed by atoms with van der Waals surface area (Å²) in [7, 11) is 2.89. The zero-order valence-corrected chi connectivity index (χ0v) is 11.8. The highest BCUT2D eigenvalue weighted by atomic mass is 16.6. The number of amides is 1. The number of hydroxylamine groups is 1. The van der Waals surface area contributed by atoms with E-state index in [1.54, 1.807) is 32.9 Å². The van der Waals surface area contributed by atoms with E-state index < -0.39 is 11.7 Å². The minimum Gasteiger partial charge on any atom is -0.493 e. The topological polar surface area (TPSA) is 68.2 Å². The van der Waals surface area contributed by atoms with Crippen LogP contribution in [-0.4, -0.2) is 31.1 Å². The fourth-order valence-corrected chi connectivity index (χ4v) is 1.44. The molecule has 1 aromatic carbocycles. The molecular weight excluding hydrogens is 250 g/mol. The molecule has 1 amide bonds. The highest BCUT2D eigenvalue weighted by Gasteiger charge is 2.25. The van der Waals surface area contributed by atoms with Crippen LogP contribution in [0.1, 0.15) is 20.8 Å². The van der Waals surface area contributed by atoms with Crippen molar-refractivity contribution in [3.05, 3.63) is 18.2 Å². The molecule has 1 aromatic rings. The van der Waals surface area contributed by atoms with E-state index in [1.165, 1.54) is 20.3 Å². The lowest BCUT2D eigenvalue weighted by molar-refractivity contribution is 0.0404. The number of anilines is 1. The van der Waals surface area contributed by atoms with Gasteiger partial charge in [-0.1, -0.05) is 6.07 Å². The van der Waals surface area contributed by atoms with E-state index in [2.05, 4.69) is 0 Å². The van der Waals surface area contributed by atoms with E-state index in [4.69, 9.17) is 14.2 Å². The van der Waals surface area contributed by atoms with Gasteiger partial charge < -0.3 is 14.2 Å². The van der Waals surface area contributed by atoms with E-state index in [0.29, 0.717) is 10.8 Å². The minimum atomic E-state index is -0.890. The Morgan fingerprint density at radius 3 is 2.32 bits per heavy atom. The maximum Gasteiger partial charge on any atom is 0.439 e. The molecule has 1 rings (SSSR count). The Morgan fingerprint density at radius 2 is 1.84 bits per heavy atom. The molecule has 0 saturated carbocycles. The Morgan fingerprint density at radius 1 is 1.21 bits per heavy atom. The molecule has 1 N–H and O–H groups in total. The van der Waals surface area contributed by atoms with Crippen molar-refractivity contribution >= 4 is 11.8 Å². The van der Waals surface area contributed by atoms with E-state index >= 15 is 0 Å². The van der Waals surface area contributed by atoms with Crippen LogP contribution in [0.25, 0.3) is 0 Å². The number of hydrogen-bond acceptors (Lipinski definition) is 5. The van der Waals surface area contributed by atoms with Crippen LogP contribution in [0.2, 0.25) is 0 Å². The first-order valence-corrected chi connectivity index (χ1v) is 5.73. The van der Waals surface area contributed by atoms with Crippen LogP contribution in [0, 0.1) is 0 Å². The van der Waals surface area contributed by atoms with Gasteiger partial charge in [0, 0.05) is 0 Å². The van der Waals surface area contributed by atoms with Gasteiger partial charge in [-0.3, -0.25) is 5.21 Å². The van der Waals surface area contributed by atoms with E-state index in [9.17, 15) is 10.0 Å². The van der Waals surface area contributed by atoms with Gasteiger partial charge in [0.1, 0.15) is 11.3 Å². The van der Waals surface area contributed by atoms with Crippen LogP contribution in [0.15, 0.2) is 18.2 Å². The Bertz CT molecular complexity index is 453. The lowest BCUT2D eigenvalue weighted by atomic mass is 10.2. The second kappa shape index (κ2) is 5.79. The predicted octanol–water partition coefficient (Wildman–Crippen LogP) is 2.83. The summed E-state index contributed by atoms with van der Waals surface area (Å²) in [5, 5.41) is 10.3. The van der Waals surface area contributed by atoms with Crippen molar-refractivity contribution in [3.8, 4) is 11.5 Å². The van der Waals surface area contributed by atoms with Gasteiger partial charge >= 0.3 is 6.09 Å². The number of carbonyl (C=O) groups excluding carboxylic acids is 1. The molecular formula is C13H19NO5. The van der Waals surface area contributed by atoms with Gasteiger partial charge in [-0.25, -0.2) is 4.79 Å². The Hall–Kier alpha value is -1.95. The SMILES string of the molecule is COc1cccc(N(O)C(=O)OC(C)(C)C)c1OC. The molecule has 6 nitrogen and oxygen atoms in total. The molecule has 106 valence electrons. The molecule has 0 saturated heterocycles. The molecule has 0 aliphatic carbocycles. The summed E-state index contributed by atoms with van der Waals surface area (Å²) in [5.74, 6) is 0.654. The summed E-state index contributed by atoms with van der Waals surface area (Å²) in [6, 6.07) is 4.81. The lowest BCUT2D eigenvalue weighted by Gasteiger charge is -2.24. The number of rotatable bonds is 3. The van der Waals surface area contributed by atoms with E-state index in [-0.39, 0.29) is 11.4 Å². The van der Waals surface area contributed by atoms with Crippen molar-refractivity contribution < 1.29 is 24.2 Å². The van der Waals surface area contributed by atoms with Gasteiger partial charge in [-0.05, 0) is 32.9 Å². The zero-order chi connectivity index (χ0) is 14.6. The average Bonchev–Trinajstić information content (AvgIpc) is 2.34. The number of methoxy groups -OCH3 is 2. The minimum absolute atomic E-state index is 0.149. The molecule has 0 spiro atoms. The Kier molecular flexibility index (Phi) is 4.61. The quantitative estimate of drug-likeness (QED) is 0.675. The van der Waals surface area contributed by atoms with Crippen LogP contribution in [0.3, 0.4) is 0 Å². The number of nitrogens with zero attached hydrogens (tertiary/aromatic N) is 1. The summed E-state index contributed by atoms with van der Waals surface area (Å²) in [6.07, 6.45) is -0.890. The first-order valence-electron chi connectivity index (χ1n) is 5.73. The van der Waals surface area contributed by atoms with Gasteiger partial charge in [-0.2, -0.15) is 5.06 Å². The van der Waals surface area contributed by atoms with Gasteiger partial charge in [0.05, 0.1) is 14.2 Å². The van der Waals surface area contributed by atoms with Crippen molar-refractivity contribution in [2.24, 2.45) is 0 Å². The Balaban J connectivity index is 3.05. The predicted molar refractivity (Wildman–Crippen MR) is 70.0 cm³/mol. The van der Waals surface area contributed by atoms with E-state index in [1.807, 2.05) is 0 Å². The van der Waals surface area contributed by atoms with Crippen LogP contribution in [0.4, 0.5) is 10.5 Å². The lowest BCUT2D eigenvalue weighted by Crippen LogP contribution is -2.34. The molecule has 6 heteroatoms. The maximum absolute atomic E-state index is 11.8. The van der Waals surface area contributed by atoms with Crippen molar-refractivity contribution in [1.29, 1.82) is 0 Å². The van der Waals surface area contributed by atoms with Gasteiger partial charge in [0.25, 0.3) is 0 Å².